The normalized spacial score (nSPS) is 36.8. The Morgan fingerprint density at radius 2 is 0.442 bits per heavy atom. The van der Waals surface area contributed by atoms with Gasteiger partial charge in [-0.05, 0) is 161 Å². The number of rotatable bonds is 64. The summed E-state index contributed by atoms with van der Waals surface area (Å²) in [7, 11) is 0. The first kappa shape index (κ1) is 103. The van der Waals surface area contributed by atoms with Crippen molar-refractivity contribution in [3.05, 3.63) is 0 Å². The molecule has 704 valence electrons. The van der Waals surface area contributed by atoms with Crippen molar-refractivity contribution in [1.29, 1.82) is 0 Å². The molecular formula is C96H192N16O8. The average Bonchev–Trinajstić information content (AvgIpc) is 1.55. The van der Waals surface area contributed by atoms with E-state index in [1.807, 2.05) is 0 Å². The lowest BCUT2D eigenvalue weighted by atomic mass is 9.66. The van der Waals surface area contributed by atoms with Gasteiger partial charge >= 0.3 is 0 Å². The van der Waals surface area contributed by atoms with Crippen LogP contribution in [0.25, 0.3) is 0 Å². The zero-order chi connectivity index (χ0) is 85.4. The van der Waals surface area contributed by atoms with E-state index < -0.39 is 18.3 Å². The summed E-state index contributed by atoms with van der Waals surface area (Å²) in [5.41, 5.74) is 4.50. The molecule has 9 fully saturated rings. The first-order valence-electron chi connectivity index (χ1n) is 52.0. The van der Waals surface area contributed by atoms with E-state index in [1.54, 1.807) is 0 Å². The molecule has 24 nitrogen and oxygen atoms in total. The maximum absolute atomic E-state index is 7.88. The Labute approximate surface area is 734 Å². The molecule has 8 bridgehead atoms. The molecule has 120 heavy (non-hydrogen) atoms. The van der Waals surface area contributed by atoms with Gasteiger partial charge in [0.05, 0.1) is 73.7 Å². The van der Waals surface area contributed by atoms with E-state index in [9.17, 15) is 0 Å². The number of hydrazine groups is 1. The number of unbranched alkanes of at least 4 members (excludes halogenated alkanes) is 16. The van der Waals surface area contributed by atoms with Crippen LogP contribution in [0.5, 0.6) is 0 Å². The van der Waals surface area contributed by atoms with E-state index in [0.29, 0.717) is 52.9 Å². The highest BCUT2D eigenvalue weighted by Crippen LogP contribution is 2.52. The third-order valence-corrected chi connectivity index (χ3v) is 28.9. The molecule has 4 aliphatic carbocycles. The largest absolute Gasteiger partial charge is 0.375 e. The Bertz CT molecular complexity index is 2590. The van der Waals surface area contributed by atoms with Crippen LogP contribution in [0.15, 0.2) is 0 Å². The summed E-state index contributed by atoms with van der Waals surface area (Å²) in [6, 6.07) is 0.883. The van der Waals surface area contributed by atoms with Crippen molar-refractivity contribution in [2.75, 3.05) is 105 Å². The number of fused-ring (bicyclic) bond motifs is 20. The Hall–Kier alpha value is -0.960. The van der Waals surface area contributed by atoms with Gasteiger partial charge in [0.2, 0.25) is 0 Å². The summed E-state index contributed by atoms with van der Waals surface area (Å²) in [4.78, 5) is 0. The van der Waals surface area contributed by atoms with Gasteiger partial charge in [-0.25, -0.2) is 5.01 Å². The van der Waals surface area contributed by atoms with Gasteiger partial charge in [0.1, 0.15) is 24.4 Å². The monoisotopic (exact) mass is 1700 g/mol. The molecule has 4 saturated carbocycles. The maximum Gasteiger partial charge on any atom is 0.113 e. The van der Waals surface area contributed by atoms with Crippen molar-refractivity contribution in [2.45, 2.75) is 463 Å². The SMILES string of the molecule is CCCCNC1CC2C3NC(NC4C5C(NCCCC)C(NCCCC)C(NCCCC)C(NCCCC)C5C(NC5NC(NC6NC(N3)C3C(OCCCC)C(OCCCC)C(OCCCC)C(OCCCC)C63)C3C(OCCCC)C(OCCCC)C(OCCCC)C(OCCCC)C53)N4NCCCC)C2C(NCCCC)C1NCCCC. The number of hydrogen-bond donors (Lipinski definition) is 15. The minimum absolute atomic E-state index is 0.0609. The Kier molecular flexibility index (Phi) is 49.6. The third kappa shape index (κ3) is 27.6. The van der Waals surface area contributed by atoms with Crippen LogP contribution in [0.2, 0.25) is 0 Å². The Balaban J connectivity index is 1.41. The average molecular weight is 1700 g/mol. The van der Waals surface area contributed by atoms with Crippen LogP contribution in [0.4, 0.5) is 0 Å². The van der Waals surface area contributed by atoms with Gasteiger partial charge in [0.25, 0.3) is 0 Å². The first-order chi connectivity index (χ1) is 59.0. The lowest BCUT2D eigenvalue weighted by molar-refractivity contribution is -0.242. The predicted molar refractivity (Wildman–Crippen MR) is 494 cm³/mol. The standard InChI is InChI=1S/C96H192N16O8/c1-17-33-49-97-67-65-66-68(76(99-51-35-19-3)75(67)98-50-34-18-2)90-105-89(66)106-91-71-72(82(114-58-42-26-10)86(118-62-46-30-14)85(117-61-45-29-13)81(71)113-57-41-25-9)92(107-91)108-93-73-74(84(116-60-44-28-12)88(120-64-48-32-16)87(119-63-47-31-15)83(73)115-59-43-27-11)94(109-93)111-96-70-69(95(110-90)112(96)104-56-40-24-8)77(100-52-36-20-4)79(102-54-38-22-6)80(103-55-39-23-7)78(70)101-53-37-21-5/h66-111H,17-65H2,1-16H3. The highest BCUT2D eigenvalue weighted by atomic mass is 16.6. The van der Waals surface area contributed by atoms with Crippen molar-refractivity contribution < 1.29 is 37.9 Å². The lowest BCUT2D eigenvalue weighted by Crippen LogP contribution is -2.76. The second-order valence-electron chi connectivity index (χ2n) is 38.0. The molecule has 5 saturated heterocycles. The molecular weight excluding hydrogens is 1510 g/mol. The molecule has 31 unspecified atom stereocenters. The number of hydrogen-bond acceptors (Lipinski definition) is 24. The summed E-state index contributed by atoms with van der Waals surface area (Å²) in [6.45, 7) is 49.8. The molecule has 31 atom stereocenters. The van der Waals surface area contributed by atoms with E-state index in [-0.39, 0.29) is 169 Å². The Morgan fingerprint density at radius 3 is 0.733 bits per heavy atom. The van der Waals surface area contributed by atoms with Crippen LogP contribution in [-0.4, -0.2) is 251 Å². The summed E-state index contributed by atoms with van der Waals surface area (Å²) in [6.07, 6.45) is 29.8. The van der Waals surface area contributed by atoms with E-state index in [4.69, 9.17) is 69.8 Å². The van der Waals surface area contributed by atoms with Crippen LogP contribution in [0.3, 0.4) is 0 Å². The third-order valence-electron chi connectivity index (χ3n) is 28.9. The van der Waals surface area contributed by atoms with Crippen molar-refractivity contribution in [3.63, 3.8) is 0 Å². The van der Waals surface area contributed by atoms with Gasteiger partial charge in [0, 0.05) is 143 Å². The minimum atomic E-state index is -0.402. The number of nitrogens with one attached hydrogen (secondary N) is 15. The molecule has 5 heterocycles. The second-order valence-corrected chi connectivity index (χ2v) is 38.0. The minimum Gasteiger partial charge on any atom is -0.375 e. The fraction of sp³-hybridized carbons (Fsp3) is 1.00. The zero-order valence-electron chi connectivity index (χ0n) is 79.8. The summed E-state index contributed by atoms with van der Waals surface area (Å²) in [5, 5.41) is 67.8. The van der Waals surface area contributed by atoms with E-state index in [0.717, 1.165) is 264 Å². The highest BCUT2D eigenvalue weighted by molar-refractivity contribution is 5.23. The fourth-order valence-corrected chi connectivity index (χ4v) is 22.4. The Morgan fingerprint density at radius 1 is 0.217 bits per heavy atom. The van der Waals surface area contributed by atoms with Gasteiger partial charge in [-0.15, -0.1) is 0 Å². The van der Waals surface area contributed by atoms with Crippen LogP contribution in [0.1, 0.15) is 323 Å². The highest BCUT2D eigenvalue weighted by Gasteiger charge is 2.69. The van der Waals surface area contributed by atoms with Crippen molar-refractivity contribution in [2.24, 2.45) is 47.3 Å². The quantitative estimate of drug-likeness (QED) is 0.0253. The summed E-state index contributed by atoms with van der Waals surface area (Å²) < 4.78 is 61.7. The van der Waals surface area contributed by atoms with Crippen molar-refractivity contribution >= 4 is 0 Å². The maximum atomic E-state index is 7.88. The van der Waals surface area contributed by atoms with Gasteiger partial charge in [-0.2, -0.15) is 0 Å². The van der Waals surface area contributed by atoms with Crippen molar-refractivity contribution in [1.82, 2.24) is 84.9 Å². The van der Waals surface area contributed by atoms with Gasteiger partial charge in [-0.1, -0.05) is 214 Å². The van der Waals surface area contributed by atoms with Gasteiger partial charge < -0.3 is 75.1 Å². The predicted octanol–water partition coefficient (Wildman–Crippen LogP) is 12.6. The molecule has 5 aliphatic heterocycles. The summed E-state index contributed by atoms with van der Waals surface area (Å²) in [5.74, 6) is -0.115. The topological polar surface area (TPSA) is 258 Å². The molecule has 0 aromatic carbocycles. The smallest absolute Gasteiger partial charge is 0.113 e. The molecule has 15 N–H and O–H groups in total. The molecule has 0 radical (unpaired) electrons. The molecule has 0 amide bonds. The van der Waals surface area contributed by atoms with Gasteiger partial charge in [-0.3, -0.25) is 42.6 Å². The van der Waals surface area contributed by atoms with Gasteiger partial charge in [0.15, 0.2) is 0 Å². The van der Waals surface area contributed by atoms with E-state index in [2.05, 4.69) is 164 Å². The molecule has 24 heteroatoms. The van der Waals surface area contributed by atoms with Crippen LogP contribution in [0, 0.1) is 47.3 Å². The van der Waals surface area contributed by atoms with Crippen LogP contribution in [-0.2, 0) is 37.9 Å². The fourth-order valence-electron chi connectivity index (χ4n) is 22.4. The molecule has 0 aromatic heterocycles. The lowest BCUT2D eigenvalue weighted by Gasteiger charge is -2.53. The number of nitrogens with zero attached hydrogens (tertiary/aromatic N) is 1. The molecule has 9 aliphatic rings. The molecule has 0 spiro atoms. The van der Waals surface area contributed by atoms with E-state index >= 15 is 0 Å². The molecule has 9 rings (SSSR count). The number of ether oxygens (including phenoxy) is 8. The molecule has 0 aromatic rings. The zero-order valence-corrected chi connectivity index (χ0v) is 79.8. The van der Waals surface area contributed by atoms with Crippen LogP contribution >= 0.6 is 0 Å². The van der Waals surface area contributed by atoms with E-state index in [1.165, 1.54) is 0 Å². The van der Waals surface area contributed by atoms with Crippen molar-refractivity contribution in [3.8, 4) is 0 Å². The second kappa shape index (κ2) is 58.0. The van der Waals surface area contributed by atoms with Crippen LogP contribution < -0.4 is 79.9 Å². The summed E-state index contributed by atoms with van der Waals surface area (Å²) >= 11 is 0. The first-order valence-corrected chi connectivity index (χ1v) is 52.0.